The van der Waals surface area contributed by atoms with E-state index in [1.165, 1.54) is 23.1 Å². The molecule has 1 aromatic carbocycles. The van der Waals surface area contributed by atoms with E-state index in [4.69, 9.17) is 0 Å². The highest BCUT2D eigenvalue weighted by Gasteiger charge is 2.14. The fraction of sp³-hybridized carbons (Fsp3) is 0.154. The second-order valence-electron chi connectivity index (χ2n) is 4.00. The van der Waals surface area contributed by atoms with Gasteiger partial charge in [-0.1, -0.05) is 23.9 Å². The molecule has 2 aromatic heterocycles. The Bertz CT molecular complexity index is 690. The van der Waals surface area contributed by atoms with E-state index in [0.29, 0.717) is 5.75 Å². The van der Waals surface area contributed by atoms with Crippen LogP contribution in [0.25, 0.3) is 10.2 Å². The van der Waals surface area contributed by atoms with E-state index in [1.54, 1.807) is 29.5 Å². The van der Waals surface area contributed by atoms with Gasteiger partial charge in [0.15, 0.2) is 9.47 Å². The number of thioether (sulfide) groups is 1. The van der Waals surface area contributed by atoms with Gasteiger partial charge in [-0.15, -0.1) is 22.7 Å². The molecule has 0 spiro atoms. The molecule has 0 saturated heterocycles. The Morgan fingerprint density at radius 1 is 1.40 bits per heavy atom. The molecule has 0 unspecified atom stereocenters. The lowest BCUT2D eigenvalue weighted by Gasteiger charge is -2.12. The lowest BCUT2D eigenvalue weighted by atomic mass is 10.3. The van der Waals surface area contributed by atoms with Crippen LogP contribution >= 0.6 is 34.4 Å². The SMILES string of the molecule is CN(C(=O)CSc1nc2ccccc2s1)c1nccs1. The molecule has 0 aliphatic rings. The molecule has 102 valence electrons. The average Bonchev–Trinajstić information content (AvgIpc) is 3.12. The Kier molecular flexibility index (Phi) is 4.00. The molecule has 0 bridgehead atoms. The van der Waals surface area contributed by atoms with Gasteiger partial charge in [-0.05, 0) is 12.1 Å². The molecule has 20 heavy (non-hydrogen) atoms. The van der Waals surface area contributed by atoms with Gasteiger partial charge in [0.2, 0.25) is 5.91 Å². The van der Waals surface area contributed by atoms with Gasteiger partial charge in [-0.3, -0.25) is 9.69 Å². The van der Waals surface area contributed by atoms with Crippen molar-refractivity contribution in [3.8, 4) is 0 Å². The Morgan fingerprint density at radius 3 is 3.00 bits per heavy atom. The normalized spacial score (nSPS) is 10.8. The summed E-state index contributed by atoms with van der Waals surface area (Å²) in [7, 11) is 1.75. The summed E-state index contributed by atoms with van der Waals surface area (Å²) in [5.74, 6) is 0.403. The van der Waals surface area contributed by atoms with Gasteiger partial charge in [-0.2, -0.15) is 0 Å². The van der Waals surface area contributed by atoms with Crippen molar-refractivity contribution in [3.05, 3.63) is 35.8 Å². The van der Waals surface area contributed by atoms with Gasteiger partial charge in [0.25, 0.3) is 0 Å². The number of rotatable bonds is 4. The van der Waals surface area contributed by atoms with Crippen molar-refractivity contribution in [3.63, 3.8) is 0 Å². The number of hydrogen-bond acceptors (Lipinski definition) is 6. The van der Waals surface area contributed by atoms with Gasteiger partial charge in [-0.25, -0.2) is 9.97 Å². The van der Waals surface area contributed by atoms with Gasteiger partial charge in [0, 0.05) is 18.6 Å². The van der Waals surface area contributed by atoms with Crippen molar-refractivity contribution in [1.82, 2.24) is 9.97 Å². The molecule has 7 heteroatoms. The number of amides is 1. The maximum atomic E-state index is 12.1. The second-order valence-corrected chi connectivity index (χ2v) is 7.13. The molecule has 3 aromatic rings. The van der Waals surface area contributed by atoms with E-state index < -0.39 is 0 Å². The molecular weight excluding hydrogens is 310 g/mol. The first-order valence-corrected chi connectivity index (χ1v) is 8.56. The molecule has 0 atom stereocenters. The molecule has 0 aliphatic heterocycles. The first kappa shape index (κ1) is 13.5. The van der Waals surface area contributed by atoms with Gasteiger partial charge in [0.05, 0.1) is 16.0 Å². The monoisotopic (exact) mass is 321 g/mol. The zero-order valence-corrected chi connectivity index (χ0v) is 13.1. The molecule has 4 nitrogen and oxygen atoms in total. The highest BCUT2D eigenvalue weighted by Crippen LogP contribution is 2.29. The highest BCUT2D eigenvalue weighted by atomic mass is 32.2. The van der Waals surface area contributed by atoms with Crippen LogP contribution in [0.3, 0.4) is 0 Å². The number of thiazole rings is 2. The van der Waals surface area contributed by atoms with Gasteiger partial charge in [0.1, 0.15) is 0 Å². The molecule has 0 saturated carbocycles. The number of nitrogens with zero attached hydrogens (tertiary/aromatic N) is 3. The number of carbonyl (C=O) groups excluding carboxylic acids is 1. The van der Waals surface area contributed by atoms with E-state index in [9.17, 15) is 4.79 Å². The Morgan fingerprint density at radius 2 is 2.25 bits per heavy atom. The van der Waals surface area contributed by atoms with Crippen molar-refractivity contribution >= 4 is 55.7 Å². The highest BCUT2D eigenvalue weighted by molar-refractivity contribution is 8.01. The van der Waals surface area contributed by atoms with Crippen LogP contribution in [0.1, 0.15) is 0 Å². The van der Waals surface area contributed by atoms with E-state index in [0.717, 1.165) is 19.7 Å². The third-order valence-electron chi connectivity index (χ3n) is 2.67. The zero-order valence-electron chi connectivity index (χ0n) is 10.6. The Hall–Kier alpha value is -1.44. The number of aromatic nitrogens is 2. The number of hydrogen-bond donors (Lipinski definition) is 0. The van der Waals surface area contributed by atoms with Crippen LogP contribution in [-0.4, -0.2) is 28.7 Å². The van der Waals surface area contributed by atoms with E-state index in [-0.39, 0.29) is 5.91 Å². The minimum absolute atomic E-state index is 0.0317. The van der Waals surface area contributed by atoms with Crippen molar-refractivity contribution in [2.24, 2.45) is 0 Å². The van der Waals surface area contributed by atoms with Crippen LogP contribution in [0.15, 0.2) is 40.2 Å². The topological polar surface area (TPSA) is 46.1 Å². The lowest BCUT2D eigenvalue weighted by Crippen LogP contribution is -2.27. The summed E-state index contributed by atoms with van der Waals surface area (Å²) in [5.41, 5.74) is 0.987. The summed E-state index contributed by atoms with van der Waals surface area (Å²) in [4.78, 5) is 22.3. The molecular formula is C13H11N3OS3. The molecule has 0 aliphatic carbocycles. The lowest BCUT2D eigenvalue weighted by molar-refractivity contribution is -0.115. The fourth-order valence-electron chi connectivity index (χ4n) is 1.62. The Labute approximate surface area is 128 Å². The van der Waals surface area contributed by atoms with Crippen molar-refractivity contribution in [2.45, 2.75) is 4.34 Å². The van der Waals surface area contributed by atoms with E-state index in [1.807, 2.05) is 29.6 Å². The number of para-hydroxylation sites is 1. The third kappa shape index (κ3) is 2.84. The van der Waals surface area contributed by atoms with Crippen molar-refractivity contribution < 1.29 is 4.79 Å². The molecule has 1 amide bonds. The maximum Gasteiger partial charge on any atom is 0.238 e. The maximum absolute atomic E-state index is 12.1. The third-order valence-corrected chi connectivity index (χ3v) is 5.69. The number of anilines is 1. The van der Waals surface area contributed by atoms with E-state index >= 15 is 0 Å². The molecule has 0 N–H and O–H groups in total. The van der Waals surface area contributed by atoms with E-state index in [2.05, 4.69) is 9.97 Å². The van der Waals surface area contributed by atoms with Crippen LogP contribution in [-0.2, 0) is 4.79 Å². The second kappa shape index (κ2) is 5.90. The van der Waals surface area contributed by atoms with Crippen LogP contribution < -0.4 is 4.90 Å². The first-order chi connectivity index (χ1) is 9.74. The molecule has 0 fully saturated rings. The largest absolute Gasteiger partial charge is 0.291 e. The van der Waals surface area contributed by atoms with Gasteiger partial charge < -0.3 is 0 Å². The van der Waals surface area contributed by atoms with Gasteiger partial charge >= 0.3 is 0 Å². The Balaban J connectivity index is 1.65. The summed E-state index contributed by atoms with van der Waals surface area (Å²) in [6.45, 7) is 0. The van der Waals surface area contributed by atoms with Crippen LogP contribution in [0.5, 0.6) is 0 Å². The first-order valence-electron chi connectivity index (χ1n) is 5.88. The zero-order chi connectivity index (χ0) is 13.9. The molecule has 3 rings (SSSR count). The van der Waals surface area contributed by atoms with Crippen LogP contribution in [0.4, 0.5) is 5.13 Å². The van der Waals surface area contributed by atoms with Crippen LogP contribution in [0, 0.1) is 0 Å². The predicted octanol–water partition coefficient (Wildman–Crippen LogP) is 3.51. The van der Waals surface area contributed by atoms with Crippen molar-refractivity contribution in [1.29, 1.82) is 0 Å². The predicted molar refractivity (Wildman–Crippen MR) is 85.9 cm³/mol. The standard InChI is InChI=1S/C13H11N3OS3/c1-16(12-14-6-7-18-12)11(17)8-19-13-15-9-4-2-3-5-10(9)20-13/h2-7H,8H2,1H3. The summed E-state index contributed by atoms with van der Waals surface area (Å²) < 4.78 is 2.07. The average molecular weight is 321 g/mol. The summed E-state index contributed by atoms with van der Waals surface area (Å²) in [5, 5.41) is 2.58. The molecule has 0 radical (unpaired) electrons. The smallest absolute Gasteiger partial charge is 0.238 e. The minimum Gasteiger partial charge on any atom is -0.291 e. The van der Waals surface area contributed by atoms with Crippen LogP contribution in [0.2, 0.25) is 0 Å². The fourth-order valence-corrected chi connectivity index (χ4v) is 4.23. The summed E-state index contributed by atoms with van der Waals surface area (Å²) in [6, 6.07) is 7.99. The van der Waals surface area contributed by atoms with Crippen molar-refractivity contribution in [2.75, 3.05) is 17.7 Å². The quantitative estimate of drug-likeness (QED) is 0.690. The minimum atomic E-state index is 0.0317. The number of benzene rings is 1. The summed E-state index contributed by atoms with van der Waals surface area (Å²) >= 11 is 4.55. The number of fused-ring (bicyclic) bond motifs is 1. The number of carbonyl (C=O) groups is 1. The molecule has 2 heterocycles. The summed E-state index contributed by atoms with van der Waals surface area (Å²) in [6.07, 6.45) is 1.70.